The van der Waals surface area contributed by atoms with Crippen molar-refractivity contribution in [1.29, 1.82) is 0 Å². The van der Waals surface area contributed by atoms with Crippen molar-refractivity contribution in [3.63, 3.8) is 0 Å². The summed E-state index contributed by atoms with van der Waals surface area (Å²) >= 11 is 6.18. The number of phenols is 2. The molecule has 12 nitrogen and oxygen atoms in total. The monoisotopic (exact) mass is 790 g/mol. The van der Waals surface area contributed by atoms with Gasteiger partial charge in [-0.2, -0.15) is 0 Å². The molecule has 6 aromatic rings. The normalized spacial score (nSPS) is 12.9. The Morgan fingerprint density at radius 3 is 1.98 bits per heavy atom. The fourth-order valence-corrected chi connectivity index (χ4v) is 7.29. The Bertz CT molecular complexity index is 2320. The molecule has 0 unspecified atom stereocenters. The zero-order valence-corrected chi connectivity index (χ0v) is 32.2. The van der Waals surface area contributed by atoms with Gasteiger partial charge in [0.2, 0.25) is 11.8 Å². The number of benzene rings is 3. The van der Waals surface area contributed by atoms with Gasteiger partial charge in [-0.25, -0.2) is 0 Å². The second-order valence-electron chi connectivity index (χ2n) is 14.4. The number of hydrogen-bond donors (Lipinski definition) is 7. The van der Waals surface area contributed by atoms with Gasteiger partial charge in [0.15, 0.2) is 11.6 Å². The highest BCUT2D eigenvalue weighted by atomic mass is 35.5. The zero-order chi connectivity index (χ0) is 40.3. The van der Waals surface area contributed by atoms with E-state index < -0.39 is 23.9 Å². The lowest BCUT2D eigenvalue weighted by molar-refractivity contribution is -0.133. The predicted molar refractivity (Wildman–Crippen MR) is 220 cm³/mol. The molecule has 0 spiro atoms. The molecular weight excluding hydrogens is 744 g/mol. The van der Waals surface area contributed by atoms with Crippen molar-refractivity contribution in [2.75, 3.05) is 6.54 Å². The van der Waals surface area contributed by atoms with Crippen LogP contribution in [0.15, 0.2) is 97.6 Å². The first kappa shape index (κ1) is 40.7. The van der Waals surface area contributed by atoms with Crippen LogP contribution in [0.2, 0.25) is 5.02 Å². The van der Waals surface area contributed by atoms with Crippen LogP contribution in [0.25, 0.3) is 21.8 Å². The van der Waals surface area contributed by atoms with Crippen LogP contribution in [0, 0.1) is 5.92 Å². The van der Waals surface area contributed by atoms with Gasteiger partial charge in [-0.15, -0.1) is 0 Å². The highest BCUT2D eigenvalue weighted by molar-refractivity contribution is 6.30. The lowest BCUT2D eigenvalue weighted by Crippen LogP contribution is -2.48. The van der Waals surface area contributed by atoms with Crippen LogP contribution < -0.4 is 16.4 Å². The Morgan fingerprint density at radius 2 is 1.32 bits per heavy atom. The minimum absolute atomic E-state index is 0.0621. The van der Waals surface area contributed by atoms with Gasteiger partial charge in [0.1, 0.15) is 11.5 Å². The number of nitrogens with two attached hydrogens (primary N) is 1. The van der Waals surface area contributed by atoms with E-state index in [1.807, 2.05) is 6.20 Å². The number of aromatic nitrogens is 3. The molecule has 0 bridgehead atoms. The second-order valence-corrected chi connectivity index (χ2v) is 14.9. The summed E-state index contributed by atoms with van der Waals surface area (Å²) in [4.78, 5) is 66.2. The fourth-order valence-electron chi connectivity index (χ4n) is 7.17. The molecule has 3 heterocycles. The smallest absolute Gasteiger partial charge is 0.224 e. The molecule has 0 aliphatic heterocycles. The predicted octanol–water partition coefficient (Wildman–Crippen LogP) is 6.01. The fraction of sp³-hybridized carbons (Fsp3) is 0.295. The summed E-state index contributed by atoms with van der Waals surface area (Å²) in [6, 6.07) is 18.7. The summed E-state index contributed by atoms with van der Waals surface area (Å²) in [6.45, 7) is 0.310. The van der Waals surface area contributed by atoms with Gasteiger partial charge < -0.3 is 36.5 Å². The first-order valence-electron chi connectivity index (χ1n) is 19.1. The summed E-state index contributed by atoms with van der Waals surface area (Å²) < 4.78 is 0. The standard InChI is InChI=1S/C44H47ClN6O6/c45-32-8-6-27(7-9-32)19-30(22-42(55)40(50-43(56)5-2-16-46)21-31-26-49-38-13-11-34(53)24-36(31)38)44(57)51-39(20-28-14-17-47-18-15-28)41(54)4-1-3-29-25-48-37-12-10-33(52)23-35(29)37/h6-15,17-18,23-26,30,39-40,48-49,52-53H,1-5,16,19-22,46H2,(H,50,56)(H,51,57)/t30-,39+,40+/m1/s1. The topological polar surface area (TPSA) is 203 Å². The van der Waals surface area contributed by atoms with Crippen molar-refractivity contribution < 1.29 is 29.4 Å². The molecule has 3 atom stereocenters. The number of aromatic amines is 2. The van der Waals surface area contributed by atoms with Gasteiger partial charge in [0.05, 0.1) is 12.1 Å². The maximum atomic E-state index is 14.4. The van der Waals surface area contributed by atoms with Crippen molar-refractivity contribution in [2.24, 2.45) is 11.7 Å². The van der Waals surface area contributed by atoms with Crippen molar-refractivity contribution in [3.8, 4) is 11.5 Å². The minimum Gasteiger partial charge on any atom is -0.508 e. The number of Topliss-reactive ketones (excluding diaryl/α,β-unsaturated/α-hetero) is 2. The Hall–Kier alpha value is -5.98. The van der Waals surface area contributed by atoms with Gasteiger partial charge in [-0.3, -0.25) is 24.2 Å². The summed E-state index contributed by atoms with van der Waals surface area (Å²) in [5.41, 5.74) is 10.6. The van der Waals surface area contributed by atoms with E-state index in [1.165, 1.54) is 0 Å². The van der Waals surface area contributed by atoms with Crippen LogP contribution in [0.1, 0.15) is 54.4 Å². The molecular formula is C44H47ClN6O6. The number of carbonyl (C=O) groups is 4. The highest BCUT2D eigenvalue weighted by Crippen LogP contribution is 2.27. The molecule has 0 aliphatic carbocycles. The van der Waals surface area contributed by atoms with E-state index in [1.54, 1.807) is 91.4 Å². The number of halogens is 1. The summed E-state index contributed by atoms with van der Waals surface area (Å²) in [6.07, 6.45) is 8.99. The van der Waals surface area contributed by atoms with Crippen LogP contribution in [-0.2, 0) is 44.9 Å². The SMILES string of the molecule is NCCCC(=O)N[C@@H](Cc1c[nH]c2ccc(O)cc12)C(=O)C[C@@H](Cc1ccc(Cl)cc1)C(=O)N[C@@H](Cc1ccncc1)C(=O)CCCc1c[nH]c2ccc(O)cc12. The third-order valence-electron chi connectivity index (χ3n) is 10.2. The van der Waals surface area contributed by atoms with Gasteiger partial charge in [0.25, 0.3) is 0 Å². The number of phenolic OH excluding ortho intramolecular Hbond substituents is 2. The Labute approximate surface area is 335 Å². The number of H-pyrrole nitrogens is 2. The Morgan fingerprint density at radius 1 is 0.702 bits per heavy atom. The summed E-state index contributed by atoms with van der Waals surface area (Å²) in [5, 5.41) is 28.2. The minimum atomic E-state index is -0.988. The van der Waals surface area contributed by atoms with Crippen molar-refractivity contribution in [3.05, 3.63) is 125 Å². The van der Waals surface area contributed by atoms with E-state index >= 15 is 0 Å². The number of nitrogens with one attached hydrogen (secondary N) is 4. The first-order valence-corrected chi connectivity index (χ1v) is 19.5. The molecule has 0 saturated heterocycles. The number of nitrogens with zero attached hydrogens (tertiary/aromatic N) is 1. The molecule has 6 rings (SSSR count). The van der Waals surface area contributed by atoms with Crippen LogP contribution in [-0.4, -0.2) is 67.2 Å². The molecule has 0 radical (unpaired) electrons. The molecule has 57 heavy (non-hydrogen) atoms. The number of ketones is 2. The third kappa shape index (κ3) is 11.1. The van der Waals surface area contributed by atoms with Gasteiger partial charge in [0, 0.05) is 83.2 Å². The van der Waals surface area contributed by atoms with Crippen molar-refractivity contribution >= 4 is 56.8 Å². The maximum Gasteiger partial charge on any atom is 0.224 e. The molecule has 13 heteroatoms. The Balaban J connectivity index is 1.23. The van der Waals surface area contributed by atoms with Crippen LogP contribution >= 0.6 is 11.6 Å². The maximum absolute atomic E-state index is 14.4. The molecule has 0 aliphatic rings. The molecule has 3 aromatic carbocycles. The molecule has 8 N–H and O–H groups in total. The number of amides is 2. The molecule has 0 saturated carbocycles. The van der Waals surface area contributed by atoms with Crippen LogP contribution in [0.3, 0.4) is 0 Å². The third-order valence-corrected chi connectivity index (χ3v) is 10.5. The number of hydrogen-bond acceptors (Lipinski definition) is 8. The second kappa shape index (κ2) is 19.2. The number of carbonyl (C=O) groups excluding carboxylic acids is 4. The van der Waals surface area contributed by atoms with Gasteiger partial charge >= 0.3 is 0 Å². The summed E-state index contributed by atoms with van der Waals surface area (Å²) in [5.74, 6) is -2.01. The van der Waals surface area contributed by atoms with Crippen LogP contribution in [0.5, 0.6) is 11.5 Å². The number of rotatable bonds is 20. The van der Waals surface area contributed by atoms with Crippen molar-refractivity contribution in [2.45, 2.75) is 69.9 Å². The average Bonchev–Trinajstić information content (AvgIpc) is 3.80. The van der Waals surface area contributed by atoms with E-state index in [4.69, 9.17) is 17.3 Å². The number of aromatic hydroxyl groups is 2. The largest absolute Gasteiger partial charge is 0.508 e. The van der Waals surface area contributed by atoms with E-state index in [9.17, 15) is 29.4 Å². The average molecular weight is 791 g/mol. The quantitative estimate of drug-likeness (QED) is 0.0487. The van der Waals surface area contributed by atoms with E-state index in [0.717, 1.165) is 33.1 Å². The molecule has 3 aromatic heterocycles. The van der Waals surface area contributed by atoms with Crippen molar-refractivity contribution in [1.82, 2.24) is 25.6 Å². The van der Waals surface area contributed by atoms with Gasteiger partial charge in [-0.1, -0.05) is 23.7 Å². The summed E-state index contributed by atoms with van der Waals surface area (Å²) in [7, 11) is 0. The molecule has 296 valence electrons. The lowest BCUT2D eigenvalue weighted by Gasteiger charge is -2.24. The number of aryl methyl sites for hydroxylation is 1. The van der Waals surface area contributed by atoms with E-state index in [2.05, 4.69) is 25.6 Å². The first-order chi connectivity index (χ1) is 27.6. The lowest BCUT2D eigenvalue weighted by atomic mass is 9.88. The van der Waals surface area contributed by atoms with Crippen LogP contribution in [0.4, 0.5) is 0 Å². The highest BCUT2D eigenvalue weighted by Gasteiger charge is 2.31. The van der Waals surface area contributed by atoms with Gasteiger partial charge in [-0.05, 0) is 122 Å². The Kier molecular flexibility index (Phi) is 13.7. The molecule has 0 fully saturated rings. The number of pyridine rings is 1. The zero-order valence-electron chi connectivity index (χ0n) is 31.5. The molecule has 2 amide bonds. The van der Waals surface area contributed by atoms with E-state index in [-0.39, 0.29) is 67.5 Å². The number of fused-ring (bicyclic) bond motifs is 2. The van der Waals surface area contributed by atoms with E-state index in [0.29, 0.717) is 41.8 Å².